The van der Waals surface area contributed by atoms with Crippen molar-refractivity contribution < 1.29 is 14.7 Å². The summed E-state index contributed by atoms with van der Waals surface area (Å²) < 4.78 is 0. The largest absolute Gasteiger partial charge is 0.465 e. The second-order valence-corrected chi connectivity index (χ2v) is 6.32. The maximum absolute atomic E-state index is 13.0. The Bertz CT molecular complexity index is 597. The molecule has 23 heavy (non-hydrogen) atoms. The van der Waals surface area contributed by atoms with Gasteiger partial charge in [-0.1, -0.05) is 25.1 Å². The number of hydrogen-bond donors (Lipinski definition) is 3. The number of carboxylic acid groups (broad SMARTS) is 1. The molecule has 126 valence electrons. The number of para-hydroxylation sites is 1. The number of likely N-dealkylation sites (N-methyl/N-ethyl adjacent to an activating group) is 1. The minimum atomic E-state index is -0.934. The predicted molar refractivity (Wildman–Crippen MR) is 89.7 cm³/mol. The zero-order valence-corrected chi connectivity index (χ0v) is 14.1. The first-order chi connectivity index (χ1) is 10.8. The lowest BCUT2D eigenvalue weighted by Gasteiger charge is -2.44. The maximum Gasteiger partial charge on any atom is 0.407 e. The average molecular weight is 319 g/mol. The summed E-state index contributed by atoms with van der Waals surface area (Å²) in [6.07, 6.45) is -0.481. The van der Waals surface area contributed by atoms with E-state index in [1.54, 1.807) is 7.05 Å². The molecule has 1 aromatic rings. The number of carbonyl (C=O) groups excluding carboxylic acids is 1. The molecule has 0 saturated carbocycles. The second-order valence-electron chi connectivity index (χ2n) is 6.32. The molecule has 6 heteroatoms. The van der Waals surface area contributed by atoms with Crippen LogP contribution in [0.15, 0.2) is 18.2 Å². The summed E-state index contributed by atoms with van der Waals surface area (Å²) in [5, 5.41) is 15.4. The number of carbonyl (C=O) groups is 2. The van der Waals surface area contributed by atoms with Crippen LogP contribution in [0.1, 0.15) is 24.5 Å². The van der Waals surface area contributed by atoms with E-state index in [1.807, 2.05) is 39.0 Å². The van der Waals surface area contributed by atoms with Gasteiger partial charge in [-0.2, -0.15) is 0 Å². The van der Waals surface area contributed by atoms with Crippen LogP contribution in [-0.2, 0) is 4.79 Å². The molecular formula is C17H25N3O3. The summed E-state index contributed by atoms with van der Waals surface area (Å²) in [4.78, 5) is 25.5. The van der Waals surface area contributed by atoms with Gasteiger partial charge in [0.2, 0.25) is 5.91 Å². The van der Waals surface area contributed by atoms with Crippen molar-refractivity contribution in [2.24, 2.45) is 5.92 Å². The number of hydrogen-bond acceptors (Lipinski definition) is 3. The zero-order chi connectivity index (χ0) is 17.2. The number of aryl methyl sites for hydroxylation is 2. The summed E-state index contributed by atoms with van der Waals surface area (Å²) in [6.45, 7) is 6.53. The second kappa shape index (κ2) is 6.58. The number of benzene rings is 1. The van der Waals surface area contributed by atoms with Gasteiger partial charge >= 0.3 is 6.09 Å². The molecule has 2 atom stereocenters. The summed E-state index contributed by atoms with van der Waals surface area (Å²) >= 11 is 0. The summed E-state index contributed by atoms with van der Waals surface area (Å²) in [6, 6.07) is 5.89. The molecule has 2 unspecified atom stereocenters. The molecule has 1 aliphatic rings. The number of likely N-dealkylation sites (tertiary alicyclic amines) is 1. The van der Waals surface area contributed by atoms with Gasteiger partial charge in [-0.15, -0.1) is 0 Å². The van der Waals surface area contributed by atoms with Crippen LogP contribution < -0.4 is 10.6 Å². The third-order valence-electron chi connectivity index (χ3n) is 4.95. The van der Waals surface area contributed by atoms with Crippen molar-refractivity contribution in [2.75, 3.05) is 25.5 Å². The number of rotatable bonds is 3. The molecular weight excluding hydrogens is 294 g/mol. The summed E-state index contributed by atoms with van der Waals surface area (Å²) in [5.41, 5.74) is 2.10. The van der Waals surface area contributed by atoms with Crippen LogP contribution in [0.2, 0.25) is 0 Å². The molecule has 3 N–H and O–H groups in total. The van der Waals surface area contributed by atoms with E-state index in [2.05, 4.69) is 10.6 Å². The molecule has 1 heterocycles. The molecule has 0 bridgehead atoms. The SMILES string of the molecule is CNC1(C(=O)Nc2c(C)cccc2C)CCN(C(=O)O)CC1C. The lowest BCUT2D eigenvalue weighted by atomic mass is 9.78. The van der Waals surface area contributed by atoms with Crippen LogP contribution in [0.4, 0.5) is 10.5 Å². The van der Waals surface area contributed by atoms with E-state index in [9.17, 15) is 9.59 Å². The highest BCUT2D eigenvalue weighted by atomic mass is 16.4. The number of nitrogens with one attached hydrogen (secondary N) is 2. The van der Waals surface area contributed by atoms with Crippen molar-refractivity contribution in [3.8, 4) is 0 Å². The Hall–Kier alpha value is -2.08. The Labute approximate surface area is 136 Å². The van der Waals surface area contributed by atoms with Gasteiger partial charge in [0, 0.05) is 24.7 Å². The van der Waals surface area contributed by atoms with E-state index in [4.69, 9.17) is 5.11 Å². The topological polar surface area (TPSA) is 81.7 Å². The number of anilines is 1. The Morgan fingerprint density at radius 2 is 1.91 bits per heavy atom. The fourth-order valence-electron chi connectivity index (χ4n) is 3.37. The molecule has 6 nitrogen and oxygen atoms in total. The quantitative estimate of drug-likeness (QED) is 0.798. The Balaban J connectivity index is 2.23. The number of amides is 2. The molecule has 2 amide bonds. The van der Waals surface area contributed by atoms with E-state index in [-0.39, 0.29) is 11.8 Å². The van der Waals surface area contributed by atoms with E-state index < -0.39 is 11.6 Å². The van der Waals surface area contributed by atoms with E-state index in [0.29, 0.717) is 19.5 Å². The minimum absolute atomic E-state index is 0.102. The molecule has 0 aromatic heterocycles. The highest BCUT2D eigenvalue weighted by Gasteiger charge is 2.46. The number of nitrogens with zero attached hydrogens (tertiary/aromatic N) is 1. The van der Waals surface area contributed by atoms with Gasteiger partial charge in [0.25, 0.3) is 0 Å². The van der Waals surface area contributed by atoms with Crippen molar-refractivity contribution in [3.05, 3.63) is 29.3 Å². The number of piperidine rings is 1. The molecule has 1 saturated heterocycles. The van der Waals surface area contributed by atoms with Gasteiger partial charge in [-0.05, 0) is 38.4 Å². The van der Waals surface area contributed by atoms with Crippen molar-refractivity contribution in [1.29, 1.82) is 0 Å². The van der Waals surface area contributed by atoms with Gasteiger partial charge in [0.1, 0.15) is 5.54 Å². The van der Waals surface area contributed by atoms with Crippen LogP contribution in [-0.4, -0.2) is 47.7 Å². The standard InChI is InChI=1S/C17H25N3O3/c1-11-6-5-7-12(2)14(11)19-15(21)17(18-4)8-9-20(16(22)23)10-13(17)3/h5-7,13,18H,8-10H2,1-4H3,(H,19,21)(H,22,23). The van der Waals surface area contributed by atoms with Crippen LogP contribution in [0.25, 0.3) is 0 Å². The van der Waals surface area contributed by atoms with E-state index in [0.717, 1.165) is 16.8 Å². The van der Waals surface area contributed by atoms with Gasteiger partial charge in [-0.3, -0.25) is 4.79 Å². The first-order valence-electron chi connectivity index (χ1n) is 7.86. The summed E-state index contributed by atoms with van der Waals surface area (Å²) in [5.74, 6) is -0.225. The summed E-state index contributed by atoms with van der Waals surface area (Å²) in [7, 11) is 1.76. The highest BCUT2D eigenvalue weighted by Crippen LogP contribution is 2.30. The van der Waals surface area contributed by atoms with Gasteiger partial charge in [0.05, 0.1) is 0 Å². The molecule has 1 aliphatic heterocycles. The minimum Gasteiger partial charge on any atom is -0.465 e. The molecule has 1 aromatic carbocycles. The molecule has 2 rings (SSSR count). The zero-order valence-electron chi connectivity index (χ0n) is 14.1. The molecule has 0 spiro atoms. The van der Waals surface area contributed by atoms with E-state index in [1.165, 1.54) is 4.90 Å². The average Bonchev–Trinajstić information content (AvgIpc) is 2.51. The Morgan fingerprint density at radius 3 is 2.39 bits per heavy atom. The smallest absolute Gasteiger partial charge is 0.407 e. The highest BCUT2D eigenvalue weighted by molar-refractivity contribution is 5.99. The first kappa shape index (κ1) is 17.3. The predicted octanol–water partition coefficient (Wildman–Crippen LogP) is 2.22. The van der Waals surface area contributed by atoms with Gasteiger partial charge in [0.15, 0.2) is 0 Å². The van der Waals surface area contributed by atoms with Crippen molar-refractivity contribution >= 4 is 17.7 Å². The van der Waals surface area contributed by atoms with Crippen molar-refractivity contribution in [1.82, 2.24) is 10.2 Å². The van der Waals surface area contributed by atoms with E-state index >= 15 is 0 Å². The molecule has 0 aliphatic carbocycles. The maximum atomic E-state index is 13.0. The third-order valence-corrected chi connectivity index (χ3v) is 4.95. The monoisotopic (exact) mass is 319 g/mol. The molecule has 0 radical (unpaired) electrons. The fourth-order valence-corrected chi connectivity index (χ4v) is 3.37. The van der Waals surface area contributed by atoms with Crippen molar-refractivity contribution in [2.45, 2.75) is 32.7 Å². The van der Waals surface area contributed by atoms with Crippen LogP contribution in [0, 0.1) is 19.8 Å². The Kier molecular flexibility index (Phi) is 4.94. The lowest BCUT2D eigenvalue weighted by molar-refractivity contribution is -0.126. The van der Waals surface area contributed by atoms with Crippen molar-refractivity contribution in [3.63, 3.8) is 0 Å². The fraction of sp³-hybridized carbons (Fsp3) is 0.529. The lowest BCUT2D eigenvalue weighted by Crippen LogP contribution is -2.64. The van der Waals surface area contributed by atoms with Crippen LogP contribution >= 0.6 is 0 Å². The van der Waals surface area contributed by atoms with Gasteiger partial charge < -0.3 is 20.6 Å². The van der Waals surface area contributed by atoms with Crippen LogP contribution in [0.3, 0.4) is 0 Å². The Morgan fingerprint density at radius 1 is 1.30 bits per heavy atom. The first-order valence-corrected chi connectivity index (χ1v) is 7.86. The van der Waals surface area contributed by atoms with Crippen LogP contribution in [0.5, 0.6) is 0 Å². The van der Waals surface area contributed by atoms with Gasteiger partial charge in [-0.25, -0.2) is 4.79 Å². The molecule has 1 fully saturated rings. The normalized spacial score (nSPS) is 24.3. The third kappa shape index (κ3) is 3.17.